The smallest absolute Gasteiger partial charge is 0.311 e. The van der Waals surface area contributed by atoms with Gasteiger partial charge in [-0.2, -0.15) is 0 Å². The molecule has 0 saturated heterocycles. The van der Waals surface area contributed by atoms with Gasteiger partial charge in [-0.3, -0.25) is 25.0 Å². The third-order valence-corrected chi connectivity index (χ3v) is 7.28. The molecule has 0 aliphatic heterocycles. The molecule has 1 aliphatic carbocycles. The van der Waals surface area contributed by atoms with Crippen LogP contribution in [-0.4, -0.2) is 28.5 Å². The van der Waals surface area contributed by atoms with Gasteiger partial charge in [0.1, 0.15) is 5.00 Å². The van der Waals surface area contributed by atoms with Crippen LogP contribution in [0.4, 0.5) is 10.7 Å². The average Bonchev–Trinajstić information content (AvgIpc) is 3.10. The fourth-order valence-corrected chi connectivity index (χ4v) is 5.66. The molecule has 3 rings (SSSR count). The highest BCUT2D eigenvalue weighted by molar-refractivity contribution is 7.80. The SMILES string of the molecule is CCOc1ccc(C(=O)NC(=S)Nc2sc3c(c2C(N)=O)CC[C@@H](C(C)(C)C)C3)cc1[N+](=O)[O-]. The molecule has 34 heavy (non-hydrogen) atoms. The maximum atomic E-state index is 12.7. The molecule has 0 radical (unpaired) electrons. The second kappa shape index (κ2) is 10.1. The van der Waals surface area contributed by atoms with Gasteiger partial charge >= 0.3 is 5.69 Å². The highest BCUT2D eigenvalue weighted by Gasteiger charge is 2.33. The van der Waals surface area contributed by atoms with E-state index >= 15 is 0 Å². The zero-order chi connectivity index (χ0) is 25.2. The van der Waals surface area contributed by atoms with Crippen molar-refractivity contribution in [2.24, 2.45) is 17.1 Å². The van der Waals surface area contributed by atoms with Crippen LogP contribution in [0.15, 0.2) is 18.2 Å². The van der Waals surface area contributed by atoms with Crippen LogP contribution in [0, 0.1) is 21.4 Å². The zero-order valence-corrected chi connectivity index (χ0v) is 21.2. The van der Waals surface area contributed by atoms with Gasteiger partial charge in [0.2, 0.25) is 0 Å². The molecule has 1 atom stereocenters. The predicted molar refractivity (Wildman–Crippen MR) is 136 cm³/mol. The Hall–Kier alpha value is -3.05. The molecule has 1 heterocycles. The molecule has 1 aliphatic rings. The summed E-state index contributed by atoms with van der Waals surface area (Å²) in [6, 6.07) is 3.92. The number of nitro groups is 1. The van der Waals surface area contributed by atoms with Crippen LogP contribution < -0.4 is 21.1 Å². The Morgan fingerprint density at radius 1 is 1.35 bits per heavy atom. The van der Waals surface area contributed by atoms with E-state index in [1.54, 1.807) is 6.92 Å². The van der Waals surface area contributed by atoms with Gasteiger partial charge in [0.25, 0.3) is 11.8 Å². The maximum Gasteiger partial charge on any atom is 0.311 e. The Bertz CT molecular complexity index is 1150. The highest BCUT2D eigenvalue weighted by Crippen LogP contribution is 2.44. The maximum absolute atomic E-state index is 12.7. The van der Waals surface area contributed by atoms with E-state index in [2.05, 4.69) is 31.4 Å². The number of primary amides is 1. The second-order valence-corrected chi connectivity index (χ2v) is 10.7. The second-order valence-electron chi connectivity index (χ2n) is 9.16. The molecule has 4 N–H and O–H groups in total. The number of amides is 2. The molecule has 0 saturated carbocycles. The Balaban J connectivity index is 1.78. The van der Waals surface area contributed by atoms with Crippen LogP contribution >= 0.6 is 23.6 Å². The number of rotatable bonds is 6. The van der Waals surface area contributed by atoms with E-state index in [1.807, 2.05) is 0 Å². The third-order valence-electron chi connectivity index (χ3n) is 5.91. The molecule has 0 unspecified atom stereocenters. The van der Waals surface area contributed by atoms with E-state index in [-0.39, 0.29) is 34.1 Å². The molecule has 182 valence electrons. The molecule has 11 heteroatoms. The first-order chi connectivity index (χ1) is 15.9. The van der Waals surface area contributed by atoms with Gasteiger partial charge in [-0.15, -0.1) is 11.3 Å². The van der Waals surface area contributed by atoms with Crippen LogP contribution in [0.3, 0.4) is 0 Å². The summed E-state index contributed by atoms with van der Waals surface area (Å²) in [5.41, 5.74) is 6.90. The van der Waals surface area contributed by atoms with E-state index < -0.39 is 16.7 Å². The van der Waals surface area contributed by atoms with Crippen molar-refractivity contribution in [1.29, 1.82) is 0 Å². The number of nitrogens with one attached hydrogen (secondary N) is 2. The van der Waals surface area contributed by atoms with Gasteiger partial charge in [0, 0.05) is 16.5 Å². The Labute approximate surface area is 207 Å². The minimum Gasteiger partial charge on any atom is -0.487 e. The van der Waals surface area contributed by atoms with Gasteiger partial charge < -0.3 is 15.8 Å². The molecule has 0 bridgehead atoms. The number of anilines is 1. The van der Waals surface area contributed by atoms with Crippen LogP contribution in [0.2, 0.25) is 0 Å². The normalized spacial score (nSPS) is 15.2. The Kier molecular flexibility index (Phi) is 7.57. The molecular formula is C23H28N4O5S2. The fraction of sp³-hybridized carbons (Fsp3) is 0.435. The predicted octanol–water partition coefficient (Wildman–Crippen LogP) is 4.43. The Morgan fingerprint density at radius 2 is 2.06 bits per heavy atom. The van der Waals surface area contributed by atoms with E-state index in [4.69, 9.17) is 22.7 Å². The molecule has 0 fully saturated rings. The topological polar surface area (TPSA) is 137 Å². The summed E-state index contributed by atoms with van der Waals surface area (Å²) >= 11 is 6.70. The number of benzene rings is 1. The van der Waals surface area contributed by atoms with E-state index in [1.165, 1.54) is 23.5 Å². The standard InChI is InChI=1S/C23H28N4O5S2/c1-5-32-16-9-6-12(10-15(16)27(30)31)20(29)25-22(33)26-21-18(19(24)28)14-8-7-13(23(2,3)4)11-17(14)34-21/h6,9-10,13H,5,7-8,11H2,1-4H3,(H2,24,28)(H2,25,26,29,33)/t13-/m1/s1. The highest BCUT2D eigenvalue weighted by atomic mass is 32.1. The van der Waals surface area contributed by atoms with Crippen molar-refractivity contribution >= 4 is 51.2 Å². The number of carbonyl (C=O) groups excluding carboxylic acids is 2. The zero-order valence-electron chi connectivity index (χ0n) is 19.5. The largest absolute Gasteiger partial charge is 0.487 e. The van der Waals surface area contributed by atoms with Crippen molar-refractivity contribution in [3.8, 4) is 5.75 Å². The van der Waals surface area contributed by atoms with Crippen molar-refractivity contribution in [1.82, 2.24) is 5.32 Å². The van der Waals surface area contributed by atoms with Gasteiger partial charge in [-0.05, 0) is 67.4 Å². The molecule has 1 aromatic heterocycles. The first-order valence-electron chi connectivity index (χ1n) is 10.9. The monoisotopic (exact) mass is 504 g/mol. The summed E-state index contributed by atoms with van der Waals surface area (Å²) in [6.07, 6.45) is 2.56. The molecule has 9 nitrogen and oxygen atoms in total. The van der Waals surface area contributed by atoms with Gasteiger partial charge in [0.15, 0.2) is 10.9 Å². The lowest BCUT2D eigenvalue weighted by Gasteiger charge is -2.33. The summed E-state index contributed by atoms with van der Waals surface area (Å²) in [5.74, 6) is -0.619. The number of ether oxygens (including phenoxy) is 1. The Morgan fingerprint density at radius 3 is 2.65 bits per heavy atom. The molecular weight excluding hydrogens is 476 g/mol. The lowest BCUT2D eigenvalue weighted by Crippen LogP contribution is -2.34. The number of fused-ring (bicyclic) bond motifs is 1. The van der Waals surface area contributed by atoms with E-state index in [0.717, 1.165) is 35.8 Å². The number of hydrogen-bond donors (Lipinski definition) is 3. The van der Waals surface area contributed by atoms with Crippen molar-refractivity contribution < 1.29 is 19.2 Å². The summed E-state index contributed by atoms with van der Waals surface area (Å²) in [5, 5.41) is 17.2. The molecule has 1 aromatic carbocycles. The lowest BCUT2D eigenvalue weighted by atomic mass is 9.72. The third kappa shape index (κ3) is 5.53. The summed E-state index contributed by atoms with van der Waals surface area (Å²) < 4.78 is 5.24. The number of thiophene rings is 1. The van der Waals surface area contributed by atoms with Crippen LogP contribution in [0.25, 0.3) is 0 Å². The number of nitrogens with zero attached hydrogens (tertiary/aromatic N) is 1. The fourth-order valence-electron chi connectivity index (χ4n) is 4.06. The van der Waals surface area contributed by atoms with Gasteiger partial charge in [-0.1, -0.05) is 20.8 Å². The number of nitrogens with two attached hydrogens (primary N) is 1. The van der Waals surface area contributed by atoms with Crippen LogP contribution in [-0.2, 0) is 12.8 Å². The van der Waals surface area contributed by atoms with Crippen molar-refractivity contribution in [2.45, 2.75) is 47.0 Å². The minimum absolute atomic E-state index is 0.0324. The number of nitro benzene ring substituents is 1. The van der Waals surface area contributed by atoms with E-state index in [9.17, 15) is 19.7 Å². The number of carbonyl (C=O) groups is 2. The van der Waals surface area contributed by atoms with Crippen molar-refractivity contribution in [2.75, 3.05) is 11.9 Å². The average molecular weight is 505 g/mol. The van der Waals surface area contributed by atoms with Crippen LogP contribution in [0.5, 0.6) is 5.75 Å². The first kappa shape index (κ1) is 25.6. The molecule has 2 aromatic rings. The van der Waals surface area contributed by atoms with Gasteiger partial charge in [0.05, 0.1) is 17.1 Å². The van der Waals surface area contributed by atoms with Crippen LogP contribution in [0.1, 0.15) is 65.3 Å². The summed E-state index contributed by atoms with van der Waals surface area (Å²) in [4.78, 5) is 36.7. The number of thiocarbonyl (C=S) groups is 1. The number of hydrogen-bond acceptors (Lipinski definition) is 7. The van der Waals surface area contributed by atoms with Crippen molar-refractivity contribution in [3.63, 3.8) is 0 Å². The van der Waals surface area contributed by atoms with Crippen molar-refractivity contribution in [3.05, 3.63) is 49.9 Å². The summed E-state index contributed by atoms with van der Waals surface area (Å²) in [6.45, 7) is 8.59. The summed E-state index contributed by atoms with van der Waals surface area (Å²) in [7, 11) is 0. The molecule has 2 amide bonds. The van der Waals surface area contributed by atoms with Gasteiger partial charge in [-0.25, -0.2) is 0 Å². The molecule has 0 spiro atoms. The minimum atomic E-state index is -0.626. The van der Waals surface area contributed by atoms with E-state index in [0.29, 0.717) is 16.5 Å². The lowest BCUT2D eigenvalue weighted by molar-refractivity contribution is -0.385. The quantitative estimate of drug-likeness (QED) is 0.301. The first-order valence-corrected chi connectivity index (χ1v) is 12.1.